The fourth-order valence-electron chi connectivity index (χ4n) is 1.73. The number of benzene rings is 1. The molecule has 104 valence electrons. The number of amides is 2. The number of nitrogens with one attached hydrogen (secondary N) is 1. The minimum atomic E-state index is -0.228. The highest BCUT2D eigenvalue weighted by Crippen LogP contribution is 2.20. The summed E-state index contributed by atoms with van der Waals surface area (Å²) in [6.07, 6.45) is 0. The first-order valence-electron chi connectivity index (χ1n) is 6.14. The molecule has 0 fully saturated rings. The zero-order valence-electron chi connectivity index (χ0n) is 11.7. The average Bonchev–Trinajstić information content (AvgIpc) is 2.30. The zero-order valence-corrected chi connectivity index (χ0v) is 12.4. The van der Waals surface area contributed by atoms with Crippen LogP contribution in [0.3, 0.4) is 0 Å². The fraction of sp³-hybridized carbons (Fsp3) is 0.429. The van der Waals surface area contributed by atoms with Gasteiger partial charge in [0.2, 0.25) is 11.8 Å². The standard InChI is InChI=1S/C14H19ClN2O2/c1-9(2)17(11(4)18)8-14(19)16-13-7-12(15)6-5-10(13)3/h5-7,9H,8H2,1-4H3,(H,16,19). The summed E-state index contributed by atoms with van der Waals surface area (Å²) in [4.78, 5) is 24.9. The van der Waals surface area contributed by atoms with Crippen molar-refractivity contribution < 1.29 is 9.59 Å². The van der Waals surface area contributed by atoms with Crippen molar-refractivity contribution in [2.45, 2.75) is 33.7 Å². The molecule has 5 heteroatoms. The van der Waals surface area contributed by atoms with E-state index in [9.17, 15) is 9.59 Å². The molecule has 0 radical (unpaired) electrons. The van der Waals surface area contributed by atoms with Gasteiger partial charge in [0.1, 0.15) is 6.54 Å². The van der Waals surface area contributed by atoms with Gasteiger partial charge >= 0.3 is 0 Å². The van der Waals surface area contributed by atoms with Crippen LogP contribution < -0.4 is 5.32 Å². The van der Waals surface area contributed by atoms with Crippen LogP contribution in [0.25, 0.3) is 0 Å². The summed E-state index contributed by atoms with van der Waals surface area (Å²) in [5.74, 6) is -0.345. The second-order valence-electron chi connectivity index (χ2n) is 4.75. The van der Waals surface area contributed by atoms with Crippen molar-refractivity contribution in [3.63, 3.8) is 0 Å². The first-order chi connectivity index (χ1) is 8.81. The first-order valence-corrected chi connectivity index (χ1v) is 6.52. The lowest BCUT2D eigenvalue weighted by atomic mass is 10.2. The quantitative estimate of drug-likeness (QED) is 0.923. The molecule has 0 saturated heterocycles. The van der Waals surface area contributed by atoms with Crippen molar-refractivity contribution in [1.82, 2.24) is 4.90 Å². The van der Waals surface area contributed by atoms with Gasteiger partial charge in [-0.1, -0.05) is 17.7 Å². The van der Waals surface area contributed by atoms with E-state index in [0.29, 0.717) is 10.7 Å². The molecule has 0 saturated carbocycles. The summed E-state index contributed by atoms with van der Waals surface area (Å²) in [5.41, 5.74) is 1.60. The van der Waals surface area contributed by atoms with E-state index in [1.807, 2.05) is 26.8 Å². The van der Waals surface area contributed by atoms with Gasteiger partial charge in [-0.3, -0.25) is 9.59 Å². The Morgan fingerprint density at radius 1 is 1.37 bits per heavy atom. The SMILES string of the molecule is CC(=O)N(CC(=O)Nc1cc(Cl)ccc1C)C(C)C. The molecule has 0 aromatic heterocycles. The van der Waals surface area contributed by atoms with Crippen LogP contribution in [-0.2, 0) is 9.59 Å². The van der Waals surface area contributed by atoms with E-state index in [-0.39, 0.29) is 24.4 Å². The van der Waals surface area contributed by atoms with E-state index in [1.165, 1.54) is 11.8 Å². The molecule has 0 spiro atoms. The number of carbonyl (C=O) groups is 2. The molecule has 0 aliphatic heterocycles. The smallest absolute Gasteiger partial charge is 0.244 e. The third kappa shape index (κ3) is 4.56. The maximum absolute atomic E-state index is 11.9. The van der Waals surface area contributed by atoms with Crippen LogP contribution in [0.4, 0.5) is 5.69 Å². The zero-order chi connectivity index (χ0) is 14.6. The average molecular weight is 283 g/mol. The van der Waals surface area contributed by atoms with Gasteiger partial charge in [-0.2, -0.15) is 0 Å². The molecule has 0 aliphatic carbocycles. The van der Waals surface area contributed by atoms with Crippen LogP contribution in [0.15, 0.2) is 18.2 Å². The molecule has 1 rings (SSSR count). The van der Waals surface area contributed by atoms with Gasteiger partial charge < -0.3 is 10.2 Å². The molecule has 0 heterocycles. The lowest BCUT2D eigenvalue weighted by Gasteiger charge is -2.24. The number of halogens is 1. The van der Waals surface area contributed by atoms with E-state index in [2.05, 4.69) is 5.32 Å². The minimum absolute atomic E-state index is 0.0105. The van der Waals surface area contributed by atoms with Gasteiger partial charge in [0, 0.05) is 23.7 Å². The first kappa shape index (κ1) is 15.5. The van der Waals surface area contributed by atoms with Gasteiger partial charge in [0.05, 0.1) is 0 Å². The van der Waals surface area contributed by atoms with Crippen LogP contribution in [-0.4, -0.2) is 29.3 Å². The molecule has 4 nitrogen and oxygen atoms in total. The van der Waals surface area contributed by atoms with Crippen LogP contribution >= 0.6 is 11.6 Å². The van der Waals surface area contributed by atoms with Crippen LogP contribution in [0.1, 0.15) is 26.3 Å². The Kier molecular flexibility index (Phi) is 5.36. The lowest BCUT2D eigenvalue weighted by Crippen LogP contribution is -2.41. The van der Waals surface area contributed by atoms with Crippen molar-refractivity contribution in [1.29, 1.82) is 0 Å². The van der Waals surface area contributed by atoms with Gasteiger partial charge in [0.15, 0.2) is 0 Å². The Morgan fingerprint density at radius 2 is 2.00 bits per heavy atom. The maximum Gasteiger partial charge on any atom is 0.244 e. The topological polar surface area (TPSA) is 49.4 Å². The molecular weight excluding hydrogens is 264 g/mol. The van der Waals surface area contributed by atoms with E-state index in [1.54, 1.807) is 12.1 Å². The molecule has 1 aromatic carbocycles. The molecule has 0 atom stereocenters. The highest BCUT2D eigenvalue weighted by atomic mass is 35.5. The van der Waals surface area contributed by atoms with Crippen LogP contribution in [0, 0.1) is 6.92 Å². The normalized spacial score (nSPS) is 10.4. The van der Waals surface area contributed by atoms with Crippen molar-refractivity contribution >= 4 is 29.1 Å². The number of hydrogen-bond donors (Lipinski definition) is 1. The molecule has 1 N–H and O–H groups in total. The fourth-order valence-corrected chi connectivity index (χ4v) is 1.90. The summed E-state index contributed by atoms with van der Waals surface area (Å²) >= 11 is 5.89. The van der Waals surface area contributed by atoms with Gasteiger partial charge in [-0.25, -0.2) is 0 Å². The Bertz CT molecular complexity index is 486. The summed E-state index contributed by atoms with van der Waals surface area (Å²) in [6.45, 7) is 7.13. The lowest BCUT2D eigenvalue weighted by molar-refractivity contribution is -0.134. The Morgan fingerprint density at radius 3 is 2.53 bits per heavy atom. The third-order valence-corrected chi connectivity index (χ3v) is 3.05. The molecule has 0 bridgehead atoms. The number of rotatable bonds is 4. The monoisotopic (exact) mass is 282 g/mol. The van der Waals surface area contributed by atoms with Gasteiger partial charge in [-0.05, 0) is 38.5 Å². The van der Waals surface area contributed by atoms with E-state index in [4.69, 9.17) is 11.6 Å². The molecule has 0 aliphatic rings. The summed E-state index contributed by atoms with van der Waals surface area (Å²) in [5, 5.41) is 3.34. The maximum atomic E-state index is 11.9. The summed E-state index contributed by atoms with van der Waals surface area (Å²) in [6, 6.07) is 5.29. The number of nitrogens with zero attached hydrogens (tertiary/aromatic N) is 1. The predicted octanol–water partition coefficient (Wildman–Crippen LogP) is 2.84. The number of anilines is 1. The summed E-state index contributed by atoms with van der Waals surface area (Å²) < 4.78 is 0. The minimum Gasteiger partial charge on any atom is -0.331 e. The molecule has 1 aromatic rings. The predicted molar refractivity (Wildman–Crippen MR) is 77.3 cm³/mol. The third-order valence-electron chi connectivity index (χ3n) is 2.82. The van der Waals surface area contributed by atoms with Gasteiger partial charge in [-0.15, -0.1) is 0 Å². The summed E-state index contributed by atoms with van der Waals surface area (Å²) in [7, 11) is 0. The van der Waals surface area contributed by atoms with Crippen molar-refractivity contribution in [2.75, 3.05) is 11.9 Å². The van der Waals surface area contributed by atoms with Gasteiger partial charge in [0.25, 0.3) is 0 Å². The Hall–Kier alpha value is -1.55. The van der Waals surface area contributed by atoms with E-state index in [0.717, 1.165) is 5.56 Å². The van der Waals surface area contributed by atoms with Crippen molar-refractivity contribution in [3.05, 3.63) is 28.8 Å². The van der Waals surface area contributed by atoms with E-state index >= 15 is 0 Å². The largest absolute Gasteiger partial charge is 0.331 e. The van der Waals surface area contributed by atoms with Crippen LogP contribution in [0.5, 0.6) is 0 Å². The highest BCUT2D eigenvalue weighted by molar-refractivity contribution is 6.31. The Labute approximate surface area is 118 Å². The number of hydrogen-bond acceptors (Lipinski definition) is 2. The second-order valence-corrected chi connectivity index (χ2v) is 5.18. The molecular formula is C14H19ClN2O2. The molecule has 0 unspecified atom stereocenters. The van der Waals surface area contributed by atoms with Crippen molar-refractivity contribution in [2.24, 2.45) is 0 Å². The molecule has 2 amide bonds. The number of carbonyl (C=O) groups excluding carboxylic acids is 2. The molecule has 19 heavy (non-hydrogen) atoms. The Balaban J connectivity index is 2.74. The second kappa shape index (κ2) is 6.57. The van der Waals surface area contributed by atoms with E-state index < -0.39 is 0 Å². The number of aryl methyl sites for hydroxylation is 1. The van der Waals surface area contributed by atoms with Crippen LogP contribution in [0.2, 0.25) is 5.02 Å². The highest BCUT2D eigenvalue weighted by Gasteiger charge is 2.17. The van der Waals surface area contributed by atoms with Crippen molar-refractivity contribution in [3.8, 4) is 0 Å².